The summed E-state index contributed by atoms with van der Waals surface area (Å²) in [5, 5.41) is 12.0. The minimum Gasteiger partial charge on any atom is -0.481 e. The van der Waals surface area contributed by atoms with E-state index >= 15 is 0 Å². The second-order valence-electron chi connectivity index (χ2n) is 6.48. The summed E-state index contributed by atoms with van der Waals surface area (Å²) >= 11 is 0. The number of hydrogen-bond acceptors (Lipinski definition) is 3. The fourth-order valence-electron chi connectivity index (χ4n) is 3.12. The molecule has 1 aliphatic carbocycles. The standard InChI is InChI=1S/C15H25NO4/c1-9(2)7-11-8-10(5-6-20-11)16-14(17)12-3-4-13(12)15(18)19/h9-13H,3-8H2,1-2H3,(H,16,17)(H,18,19). The summed E-state index contributed by atoms with van der Waals surface area (Å²) in [4.78, 5) is 23.1. The van der Waals surface area contributed by atoms with E-state index in [4.69, 9.17) is 9.84 Å². The zero-order valence-electron chi connectivity index (χ0n) is 12.3. The number of hydrogen-bond donors (Lipinski definition) is 2. The van der Waals surface area contributed by atoms with Gasteiger partial charge < -0.3 is 15.2 Å². The number of rotatable bonds is 5. The minimum absolute atomic E-state index is 0.0844. The highest BCUT2D eigenvalue weighted by molar-refractivity contribution is 5.86. The van der Waals surface area contributed by atoms with Crippen LogP contribution in [0.1, 0.15) is 46.0 Å². The monoisotopic (exact) mass is 283 g/mol. The summed E-state index contributed by atoms with van der Waals surface area (Å²) in [6.45, 7) is 5.00. The molecular formula is C15H25NO4. The predicted octanol–water partition coefficient (Wildman–Crippen LogP) is 1.81. The highest BCUT2D eigenvalue weighted by atomic mass is 16.5. The molecule has 20 heavy (non-hydrogen) atoms. The SMILES string of the molecule is CC(C)CC1CC(NC(=O)C2CCC2C(=O)O)CCO1. The van der Waals surface area contributed by atoms with Crippen molar-refractivity contribution >= 4 is 11.9 Å². The molecule has 0 aromatic carbocycles. The Morgan fingerprint density at radius 3 is 2.50 bits per heavy atom. The summed E-state index contributed by atoms with van der Waals surface area (Å²) in [6.07, 6.45) is 4.21. The van der Waals surface area contributed by atoms with Crippen molar-refractivity contribution in [2.45, 2.75) is 58.1 Å². The molecule has 5 heteroatoms. The van der Waals surface area contributed by atoms with Gasteiger partial charge in [0.25, 0.3) is 0 Å². The molecule has 2 rings (SSSR count). The molecule has 5 nitrogen and oxygen atoms in total. The van der Waals surface area contributed by atoms with Crippen LogP contribution in [0.25, 0.3) is 0 Å². The first-order valence-electron chi connectivity index (χ1n) is 7.62. The third-order valence-electron chi connectivity index (χ3n) is 4.38. The molecule has 2 aliphatic rings. The molecule has 0 aromatic heterocycles. The van der Waals surface area contributed by atoms with Gasteiger partial charge >= 0.3 is 5.97 Å². The van der Waals surface area contributed by atoms with Crippen LogP contribution in [0.3, 0.4) is 0 Å². The lowest BCUT2D eigenvalue weighted by Crippen LogP contribution is -2.49. The molecular weight excluding hydrogens is 258 g/mol. The number of carbonyl (C=O) groups excluding carboxylic acids is 1. The molecule has 4 atom stereocenters. The number of aliphatic carboxylic acids is 1. The van der Waals surface area contributed by atoms with Crippen molar-refractivity contribution in [2.75, 3.05) is 6.61 Å². The Morgan fingerprint density at radius 2 is 1.95 bits per heavy atom. The van der Waals surface area contributed by atoms with E-state index in [1.54, 1.807) is 0 Å². The zero-order chi connectivity index (χ0) is 14.7. The first kappa shape index (κ1) is 15.3. The van der Waals surface area contributed by atoms with Gasteiger partial charge in [0.2, 0.25) is 5.91 Å². The third-order valence-corrected chi connectivity index (χ3v) is 4.38. The van der Waals surface area contributed by atoms with Crippen molar-refractivity contribution in [2.24, 2.45) is 17.8 Å². The summed E-state index contributed by atoms with van der Waals surface area (Å²) < 4.78 is 5.72. The Bertz CT molecular complexity index is 369. The van der Waals surface area contributed by atoms with E-state index < -0.39 is 11.9 Å². The van der Waals surface area contributed by atoms with Crippen LogP contribution < -0.4 is 5.32 Å². The molecule has 1 saturated heterocycles. The van der Waals surface area contributed by atoms with E-state index in [2.05, 4.69) is 19.2 Å². The highest BCUT2D eigenvalue weighted by Gasteiger charge is 2.42. The van der Waals surface area contributed by atoms with Crippen molar-refractivity contribution in [1.82, 2.24) is 5.32 Å². The first-order valence-corrected chi connectivity index (χ1v) is 7.62. The van der Waals surface area contributed by atoms with Crippen LogP contribution in [0, 0.1) is 17.8 Å². The third kappa shape index (κ3) is 3.72. The average Bonchev–Trinajstić information content (AvgIpc) is 2.25. The van der Waals surface area contributed by atoms with Crippen LogP contribution in [0.5, 0.6) is 0 Å². The lowest BCUT2D eigenvalue weighted by atomic mass is 9.73. The summed E-state index contributed by atoms with van der Waals surface area (Å²) in [5.74, 6) is -1.17. The van der Waals surface area contributed by atoms with Gasteiger partial charge in [0.05, 0.1) is 17.9 Å². The van der Waals surface area contributed by atoms with Gasteiger partial charge in [-0.25, -0.2) is 0 Å². The number of carboxylic acid groups (broad SMARTS) is 1. The van der Waals surface area contributed by atoms with E-state index in [0.717, 1.165) is 19.3 Å². The van der Waals surface area contributed by atoms with E-state index in [0.29, 0.717) is 25.4 Å². The number of ether oxygens (including phenoxy) is 1. The highest BCUT2D eigenvalue weighted by Crippen LogP contribution is 2.35. The summed E-state index contributed by atoms with van der Waals surface area (Å²) in [5.41, 5.74) is 0. The van der Waals surface area contributed by atoms with Gasteiger partial charge in [-0.2, -0.15) is 0 Å². The number of amides is 1. The van der Waals surface area contributed by atoms with Gasteiger partial charge in [-0.05, 0) is 38.0 Å². The smallest absolute Gasteiger partial charge is 0.307 e. The molecule has 0 radical (unpaired) electrons. The molecule has 0 aromatic rings. The van der Waals surface area contributed by atoms with Gasteiger partial charge in [0.15, 0.2) is 0 Å². The lowest BCUT2D eigenvalue weighted by molar-refractivity contribution is -0.153. The Morgan fingerprint density at radius 1 is 1.25 bits per heavy atom. The van der Waals surface area contributed by atoms with E-state index in [9.17, 15) is 9.59 Å². The predicted molar refractivity (Wildman–Crippen MR) is 74.2 cm³/mol. The maximum Gasteiger partial charge on any atom is 0.307 e. The molecule has 2 N–H and O–H groups in total. The van der Waals surface area contributed by atoms with Crippen molar-refractivity contribution in [1.29, 1.82) is 0 Å². The van der Waals surface area contributed by atoms with Crippen LogP contribution in [-0.4, -0.2) is 35.7 Å². The van der Waals surface area contributed by atoms with Crippen LogP contribution in [0.2, 0.25) is 0 Å². The lowest BCUT2D eigenvalue weighted by Gasteiger charge is -2.36. The van der Waals surface area contributed by atoms with Crippen LogP contribution in [0.15, 0.2) is 0 Å². The zero-order valence-corrected chi connectivity index (χ0v) is 12.3. The second-order valence-corrected chi connectivity index (χ2v) is 6.48. The normalized spacial score (nSPS) is 33.5. The second kappa shape index (κ2) is 6.57. The van der Waals surface area contributed by atoms with Gasteiger partial charge in [0.1, 0.15) is 0 Å². The van der Waals surface area contributed by atoms with Crippen molar-refractivity contribution in [3.05, 3.63) is 0 Å². The quantitative estimate of drug-likeness (QED) is 0.807. The minimum atomic E-state index is -0.846. The Hall–Kier alpha value is -1.10. The van der Waals surface area contributed by atoms with Gasteiger partial charge in [-0.3, -0.25) is 9.59 Å². The number of carboxylic acids is 1. The molecule has 1 saturated carbocycles. The average molecular weight is 283 g/mol. The molecule has 0 spiro atoms. The molecule has 0 bridgehead atoms. The number of nitrogens with one attached hydrogen (secondary N) is 1. The van der Waals surface area contributed by atoms with Gasteiger partial charge in [-0.1, -0.05) is 13.8 Å². The molecule has 1 amide bonds. The maximum absolute atomic E-state index is 12.1. The molecule has 2 fully saturated rings. The Kier molecular flexibility index (Phi) is 5.02. The molecule has 4 unspecified atom stereocenters. The van der Waals surface area contributed by atoms with Crippen LogP contribution in [0.4, 0.5) is 0 Å². The van der Waals surface area contributed by atoms with Crippen molar-refractivity contribution < 1.29 is 19.4 Å². The molecule has 1 aliphatic heterocycles. The molecule has 114 valence electrons. The summed E-state index contributed by atoms with van der Waals surface area (Å²) in [6, 6.07) is 0.134. The van der Waals surface area contributed by atoms with Crippen molar-refractivity contribution in [3.63, 3.8) is 0 Å². The Balaban J connectivity index is 1.80. The largest absolute Gasteiger partial charge is 0.481 e. The summed E-state index contributed by atoms with van der Waals surface area (Å²) in [7, 11) is 0. The van der Waals surface area contributed by atoms with Gasteiger partial charge in [-0.15, -0.1) is 0 Å². The van der Waals surface area contributed by atoms with E-state index in [1.807, 2.05) is 0 Å². The van der Waals surface area contributed by atoms with Crippen molar-refractivity contribution in [3.8, 4) is 0 Å². The molecule has 1 heterocycles. The Labute approximate surface area is 120 Å². The van der Waals surface area contributed by atoms with E-state index in [-0.39, 0.29) is 24.0 Å². The topological polar surface area (TPSA) is 75.6 Å². The fraction of sp³-hybridized carbons (Fsp3) is 0.867. The maximum atomic E-state index is 12.1. The van der Waals surface area contributed by atoms with Gasteiger partial charge in [0, 0.05) is 12.6 Å². The van der Waals surface area contributed by atoms with E-state index in [1.165, 1.54) is 0 Å². The first-order chi connectivity index (χ1) is 9.47. The fourth-order valence-corrected chi connectivity index (χ4v) is 3.12. The van der Waals surface area contributed by atoms with Crippen LogP contribution >= 0.6 is 0 Å². The number of carbonyl (C=O) groups is 2. The van der Waals surface area contributed by atoms with Crippen LogP contribution in [-0.2, 0) is 14.3 Å².